The smallest absolute Gasteiger partial charge is 0.223 e. The number of ketones is 1. The van der Waals surface area contributed by atoms with Crippen LogP contribution in [0.4, 0.5) is 0 Å². The molecule has 3 aromatic rings. The van der Waals surface area contributed by atoms with E-state index in [0.29, 0.717) is 22.6 Å². The number of fused-ring (bicyclic) bond motifs is 1. The van der Waals surface area contributed by atoms with Gasteiger partial charge in [-0.1, -0.05) is 48.5 Å². The van der Waals surface area contributed by atoms with Crippen molar-refractivity contribution < 1.29 is 38.1 Å². The van der Waals surface area contributed by atoms with Crippen LogP contribution in [0.15, 0.2) is 83.5 Å². The van der Waals surface area contributed by atoms with Gasteiger partial charge in [0.05, 0.1) is 12.9 Å². The predicted octanol–water partition coefficient (Wildman–Crippen LogP) is 3.26. The Morgan fingerprint density at radius 3 is 2.57 bits per heavy atom. The van der Waals surface area contributed by atoms with Crippen LogP contribution in [0, 0.1) is 0 Å². The lowest BCUT2D eigenvalue weighted by Crippen LogP contribution is -2.67. The molecule has 37 heavy (non-hydrogen) atoms. The zero-order chi connectivity index (χ0) is 25.8. The Hall–Kier alpha value is -3.76. The van der Waals surface area contributed by atoms with Gasteiger partial charge in [-0.25, -0.2) is 0 Å². The van der Waals surface area contributed by atoms with E-state index >= 15 is 0 Å². The number of nitrogens with one attached hydrogen (secondary N) is 1. The van der Waals surface area contributed by atoms with Crippen LogP contribution >= 0.6 is 0 Å². The number of aliphatic hydroxyl groups excluding tert-OH is 1. The van der Waals surface area contributed by atoms with Crippen LogP contribution < -0.4 is 10.1 Å². The van der Waals surface area contributed by atoms with Gasteiger partial charge in [0.25, 0.3) is 0 Å². The summed E-state index contributed by atoms with van der Waals surface area (Å²) in [4.78, 5) is 24.5. The van der Waals surface area contributed by atoms with Crippen molar-refractivity contribution in [1.82, 2.24) is 5.32 Å². The minimum Gasteiger partial charge on any atom is -0.464 e. The Bertz CT molecular complexity index is 1240. The fourth-order valence-electron chi connectivity index (χ4n) is 4.36. The van der Waals surface area contributed by atoms with E-state index in [2.05, 4.69) is 5.32 Å². The summed E-state index contributed by atoms with van der Waals surface area (Å²) < 4.78 is 29.3. The normalized spacial score (nSPS) is 27.4. The SMILES string of the molecule is CC(=O)N[C@H]1[C@H](Oc2ccccc2/C=C/C(=O)c2ccccc2)O[C@@H]2CO[C@H](c3ccco3)O[C@H]2[C@@H]1O. The van der Waals surface area contributed by atoms with E-state index in [4.69, 9.17) is 23.4 Å². The molecule has 0 bridgehead atoms. The number of ether oxygens (including phenoxy) is 4. The second kappa shape index (κ2) is 11.1. The number of carbonyl (C=O) groups excluding carboxylic acids is 2. The third-order valence-corrected chi connectivity index (χ3v) is 6.15. The van der Waals surface area contributed by atoms with Crippen LogP contribution in [0.1, 0.15) is 34.9 Å². The van der Waals surface area contributed by atoms with Crippen molar-refractivity contribution in [2.45, 2.75) is 43.9 Å². The van der Waals surface area contributed by atoms with Gasteiger partial charge in [-0.2, -0.15) is 0 Å². The van der Waals surface area contributed by atoms with Crippen molar-refractivity contribution in [3.63, 3.8) is 0 Å². The van der Waals surface area contributed by atoms with Crippen molar-refractivity contribution in [3.8, 4) is 5.75 Å². The van der Waals surface area contributed by atoms with Crippen molar-refractivity contribution in [2.75, 3.05) is 6.61 Å². The van der Waals surface area contributed by atoms with Gasteiger partial charge >= 0.3 is 0 Å². The molecule has 0 unspecified atom stereocenters. The van der Waals surface area contributed by atoms with Crippen LogP contribution in [0.5, 0.6) is 5.75 Å². The highest BCUT2D eigenvalue weighted by atomic mass is 16.8. The topological polar surface area (TPSA) is 116 Å². The molecular formula is C28H27NO8. The van der Waals surface area contributed by atoms with Crippen LogP contribution in [0.25, 0.3) is 6.08 Å². The third kappa shape index (κ3) is 5.65. The van der Waals surface area contributed by atoms with Gasteiger partial charge in [-0.15, -0.1) is 0 Å². The molecule has 2 fully saturated rings. The van der Waals surface area contributed by atoms with Gasteiger partial charge in [-0.3, -0.25) is 9.59 Å². The number of rotatable bonds is 7. The van der Waals surface area contributed by atoms with Gasteiger partial charge in [0.15, 0.2) is 11.5 Å². The summed E-state index contributed by atoms with van der Waals surface area (Å²) >= 11 is 0. The second-order valence-electron chi connectivity index (χ2n) is 8.76. The molecule has 6 atom stereocenters. The molecule has 2 N–H and O–H groups in total. The minimum absolute atomic E-state index is 0.118. The molecule has 9 heteroatoms. The molecule has 2 aliphatic heterocycles. The third-order valence-electron chi connectivity index (χ3n) is 6.15. The molecule has 1 aromatic heterocycles. The van der Waals surface area contributed by atoms with Crippen LogP contribution in [0.3, 0.4) is 0 Å². The van der Waals surface area contributed by atoms with E-state index in [1.807, 2.05) is 12.1 Å². The quantitative estimate of drug-likeness (QED) is 0.371. The Morgan fingerprint density at radius 2 is 1.81 bits per heavy atom. The molecule has 0 spiro atoms. The number of hydrogen-bond donors (Lipinski definition) is 2. The molecule has 2 aliphatic rings. The molecule has 5 rings (SSSR count). The Balaban J connectivity index is 1.35. The fourth-order valence-corrected chi connectivity index (χ4v) is 4.36. The molecule has 192 valence electrons. The van der Waals surface area contributed by atoms with Crippen molar-refractivity contribution >= 4 is 17.8 Å². The summed E-state index contributed by atoms with van der Waals surface area (Å²) in [6.07, 6.45) is 0.165. The zero-order valence-corrected chi connectivity index (χ0v) is 20.1. The number of carbonyl (C=O) groups is 2. The first-order valence-electron chi connectivity index (χ1n) is 11.9. The van der Waals surface area contributed by atoms with E-state index in [0.717, 1.165) is 0 Å². The molecule has 0 radical (unpaired) electrons. The summed E-state index contributed by atoms with van der Waals surface area (Å²) in [7, 11) is 0. The number of hydrogen-bond acceptors (Lipinski definition) is 8. The minimum atomic E-state index is -1.16. The first kappa shape index (κ1) is 24.9. The number of aliphatic hydroxyl groups is 1. The summed E-state index contributed by atoms with van der Waals surface area (Å²) in [5, 5.41) is 13.9. The van der Waals surface area contributed by atoms with Crippen molar-refractivity contribution in [2.24, 2.45) is 0 Å². The Morgan fingerprint density at radius 1 is 1.03 bits per heavy atom. The summed E-state index contributed by atoms with van der Waals surface area (Å²) in [5.74, 6) is 0.361. The number of amides is 1. The number of allylic oxidation sites excluding steroid dienone is 1. The standard InChI is InChI=1S/C28H27NO8/c1-17(30)29-24-25(32)26-23(16-34-27(37-26)22-12-7-15-33-22)36-28(24)35-21-11-6-5-10-19(21)13-14-20(31)18-8-3-2-4-9-18/h2-15,23-28,32H,16H2,1H3,(H,29,30)/b14-13+/t23-,24-,25-,26-,27+,28-/m1/s1. The molecule has 2 aromatic carbocycles. The summed E-state index contributed by atoms with van der Waals surface area (Å²) in [5.41, 5.74) is 1.19. The first-order valence-corrected chi connectivity index (χ1v) is 11.9. The maximum absolute atomic E-state index is 12.5. The average molecular weight is 506 g/mol. The highest BCUT2D eigenvalue weighted by molar-refractivity contribution is 6.06. The second-order valence-corrected chi connectivity index (χ2v) is 8.76. The molecule has 1 amide bonds. The highest BCUT2D eigenvalue weighted by Crippen LogP contribution is 2.35. The van der Waals surface area contributed by atoms with E-state index in [1.165, 1.54) is 19.3 Å². The van der Waals surface area contributed by atoms with Gasteiger partial charge in [0, 0.05) is 18.1 Å². The lowest BCUT2D eigenvalue weighted by molar-refractivity contribution is -0.336. The van der Waals surface area contributed by atoms with Crippen molar-refractivity contribution in [3.05, 3.63) is 96.0 Å². The Kier molecular flexibility index (Phi) is 7.47. The van der Waals surface area contributed by atoms with Crippen molar-refractivity contribution in [1.29, 1.82) is 0 Å². The van der Waals surface area contributed by atoms with Gasteiger partial charge in [-0.05, 0) is 30.4 Å². The molecule has 0 aliphatic carbocycles. The van der Waals surface area contributed by atoms with Gasteiger partial charge in [0.1, 0.15) is 30.1 Å². The molecular weight excluding hydrogens is 478 g/mol. The van der Waals surface area contributed by atoms with E-state index < -0.39 is 36.9 Å². The monoisotopic (exact) mass is 505 g/mol. The molecule has 3 heterocycles. The maximum atomic E-state index is 12.5. The zero-order valence-electron chi connectivity index (χ0n) is 20.1. The highest BCUT2D eigenvalue weighted by Gasteiger charge is 2.51. The predicted molar refractivity (Wildman–Crippen MR) is 131 cm³/mol. The molecule has 0 saturated carbocycles. The van der Waals surface area contributed by atoms with E-state index in [9.17, 15) is 14.7 Å². The first-order chi connectivity index (χ1) is 18.0. The fraction of sp³-hybridized carbons (Fsp3) is 0.286. The van der Waals surface area contributed by atoms with Gasteiger partial charge in [0.2, 0.25) is 18.5 Å². The van der Waals surface area contributed by atoms with Gasteiger partial charge < -0.3 is 33.8 Å². The molecule has 9 nitrogen and oxygen atoms in total. The lowest BCUT2D eigenvalue weighted by Gasteiger charge is -2.47. The van der Waals surface area contributed by atoms with Crippen LogP contribution in [-0.2, 0) is 19.0 Å². The number of furan rings is 1. The van der Waals surface area contributed by atoms with E-state index in [-0.39, 0.29) is 18.3 Å². The number of para-hydroxylation sites is 1. The van der Waals surface area contributed by atoms with Crippen LogP contribution in [-0.4, -0.2) is 54.0 Å². The summed E-state index contributed by atoms with van der Waals surface area (Å²) in [6.45, 7) is 1.46. The number of benzene rings is 2. The largest absolute Gasteiger partial charge is 0.464 e. The van der Waals surface area contributed by atoms with E-state index in [1.54, 1.807) is 60.7 Å². The Labute approximate surface area is 213 Å². The summed E-state index contributed by atoms with van der Waals surface area (Å²) in [6, 6.07) is 18.5. The average Bonchev–Trinajstić information content (AvgIpc) is 3.45. The maximum Gasteiger partial charge on any atom is 0.223 e. The van der Waals surface area contributed by atoms with Crippen LogP contribution in [0.2, 0.25) is 0 Å². The molecule has 2 saturated heterocycles. The lowest BCUT2D eigenvalue weighted by atomic mass is 9.95.